The number of benzene rings is 1. The maximum absolute atomic E-state index is 6.03. The number of hydrogen-bond donors (Lipinski definition) is 2. The van der Waals surface area contributed by atoms with Crippen LogP contribution in [0.1, 0.15) is 17.2 Å². The number of rotatable bonds is 6. The fraction of sp³-hybridized carbons (Fsp3) is 0.312. The molecule has 0 fully saturated rings. The Morgan fingerprint density at radius 2 is 1.95 bits per heavy atom. The number of nitrogen functional groups attached to an aromatic ring is 1. The van der Waals surface area contributed by atoms with E-state index in [-0.39, 0.29) is 6.04 Å². The lowest BCUT2D eigenvalue weighted by molar-refractivity contribution is 0.354. The third kappa shape index (κ3) is 3.44. The Kier molecular flexibility index (Phi) is 5.00. The van der Waals surface area contributed by atoms with Gasteiger partial charge in [-0.1, -0.05) is 6.07 Å². The lowest BCUT2D eigenvalue weighted by atomic mass is 9.99. The maximum Gasteiger partial charge on any atom is 0.160 e. The van der Waals surface area contributed by atoms with E-state index >= 15 is 0 Å². The van der Waals surface area contributed by atoms with Crippen LogP contribution in [0, 0.1) is 0 Å². The SMILES string of the molecule is CNC(Cc1ccc(OC)c(OC)c1)c1cnccc1N. The summed E-state index contributed by atoms with van der Waals surface area (Å²) in [5.74, 6) is 1.45. The van der Waals surface area contributed by atoms with Gasteiger partial charge in [0, 0.05) is 29.7 Å². The average Bonchev–Trinajstić information content (AvgIpc) is 2.53. The number of nitrogens with zero attached hydrogens (tertiary/aromatic N) is 1. The van der Waals surface area contributed by atoms with Gasteiger partial charge < -0.3 is 20.5 Å². The van der Waals surface area contributed by atoms with Gasteiger partial charge in [-0.2, -0.15) is 0 Å². The zero-order chi connectivity index (χ0) is 15.2. The second-order valence-electron chi connectivity index (χ2n) is 4.74. The molecular formula is C16H21N3O2. The van der Waals surface area contributed by atoms with Crippen LogP contribution in [-0.4, -0.2) is 26.3 Å². The van der Waals surface area contributed by atoms with Gasteiger partial charge in [-0.05, 0) is 37.2 Å². The Morgan fingerprint density at radius 1 is 1.19 bits per heavy atom. The third-order valence-corrected chi connectivity index (χ3v) is 3.50. The number of anilines is 1. The van der Waals surface area contributed by atoms with Crippen molar-refractivity contribution in [3.05, 3.63) is 47.8 Å². The zero-order valence-electron chi connectivity index (χ0n) is 12.6. The molecule has 21 heavy (non-hydrogen) atoms. The van der Waals surface area contributed by atoms with Crippen LogP contribution in [0.3, 0.4) is 0 Å². The number of hydrogen-bond acceptors (Lipinski definition) is 5. The van der Waals surface area contributed by atoms with Gasteiger partial charge in [0.25, 0.3) is 0 Å². The number of ether oxygens (including phenoxy) is 2. The van der Waals surface area contributed by atoms with E-state index in [0.29, 0.717) is 0 Å². The Morgan fingerprint density at radius 3 is 2.57 bits per heavy atom. The molecular weight excluding hydrogens is 266 g/mol. The standard InChI is InChI=1S/C16H21N3O2/c1-18-14(12-10-19-7-6-13(12)17)8-11-4-5-15(20-2)16(9-11)21-3/h4-7,9-10,14,18H,8H2,1-3H3,(H2,17,19). The summed E-state index contributed by atoms with van der Waals surface area (Å²) in [5.41, 5.74) is 8.90. The van der Waals surface area contributed by atoms with Crippen molar-refractivity contribution in [3.63, 3.8) is 0 Å². The lowest BCUT2D eigenvalue weighted by Gasteiger charge is -2.19. The van der Waals surface area contributed by atoms with E-state index < -0.39 is 0 Å². The van der Waals surface area contributed by atoms with E-state index in [1.54, 1.807) is 26.6 Å². The Bertz CT molecular complexity index is 602. The summed E-state index contributed by atoms with van der Waals surface area (Å²) >= 11 is 0. The monoisotopic (exact) mass is 287 g/mol. The Labute approximate surface area is 125 Å². The van der Waals surface area contributed by atoms with Crippen LogP contribution in [0.2, 0.25) is 0 Å². The molecule has 1 unspecified atom stereocenters. The van der Waals surface area contributed by atoms with Gasteiger partial charge in [0.2, 0.25) is 0 Å². The first-order valence-electron chi connectivity index (χ1n) is 6.77. The fourth-order valence-electron chi connectivity index (χ4n) is 2.32. The molecule has 1 aromatic carbocycles. The molecule has 0 spiro atoms. The number of nitrogens with one attached hydrogen (secondary N) is 1. The molecule has 2 rings (SSSR count). The van der Waals surface area contributed by atoms with E-state index in [9.17, 15) is 0 Å². The summed E-state index contributed by atoms with van der Waals surface area (Å²) in [6.45, 7) is 0. The summed E-state index contributed by atoms with van der Waals surface area (Å²) in [6, 6.07) is 7.83. The van der Waals surface area contributed by atoms with Crippen LogP contribution in [0.5, 0.6) is 11.5 Å². The van der Waals surface area contributed by atoms with Crippen LogP contribution >= 0.6 is 0 Å². The molecule has 0 bridgehead atoms. The zero-order valence-corrected chi connectivity index (χ0v) is 12.6. The first kappa shape index (κ1) is 15.1. The summed E-state index contributed by atoms with van der Waals surface area (Å²) < 4.78 is 10.6. The molecule has 0 aliphatic carbocycles. The smallest absolute Gasteiger partial charge is 0.160 e. The molecule has 2 aromatic rings. The molecule has 0 aliphatic rings. The highest BCUT2D eigenvalue weighted by atomic mass is 16.5. The van der Waals surface area contributed by atoms with E-state index in [4.69, 9.17) is 15.2 Å². The molecule has 1 aromatic heterocycles. The Balaban J connectivity index is 2.25. The van der Waals surface area contributed by atoms with Gasteiger partial charge in [-0.3, -0.25) is 4.98 Å². The minimum Gasteiger partial charge on any atom is -0.493 e. The Hall–Kier alpha value is -2.27. The van der Waals surface area contributed by atoms with Crippen molar-refractivity contribution in [1.29, 1.82) is 0 Å². The number of likely N-dealkylation sites (N-methyl/N-ethyl adjacent to an activating group) is 1. The lowest BCUT2D eigenvalue weighted by Crippen LogP contribution is -2.20. The third-order valence-electron chi connectivity index (χ3n) is 3.50. The predicted molar refractivity (Wildman–Crippen MR) is 83.7 cm³/mol. The molecule has 0 aliphatic heterocycles. The minimum atomic E-state index is 0.0943. The number of methoxy groups -OCH3 is 2. The highest BCUT2D eigenvalue weighted by Gasteiger charge is 2.14. The van der Waals surface area contributed by atoms with Crippen LogP contribution in [-0.2, 0) is 6.42 Å². The minimum absolute atomic E-state index is 0.0943. The van der Waals surface area contributed by atoms with Gasteiger partial charge in [0.15, 0.2) is 11.5 Å². The van der Waals surface area contributed by atoms with Gasteiger partial charge in [0.05, 0.1) is 14.2 Å². The molecule has 5 heteroatoms. The summed E-state index contributed by atoms with van der Waals surface area (Å²) in [5, 5.41) is 3.28. The number of nitrogens with two attached hydrogens (primary N) is 1. The molecule has 0 saturated heterocycles. The molecule has 112 valence electrons. The quantitative estimate of drug-likeness (QED) is 0.852. The maximum atomic E-state index is 6.03. The summed E-state index contributed by atoms with van der Waals surface area (Å²) in [6.07, 6.45) is 4.28. The first-order valence-corrected chi connectivity index (χ1v) is 6.77. The van der Waals surface area contributed by atoms with Gasteiger partial charge in [0.1, 0.15) is 0 Å². The van der Waals surface area contributed by atoms with E-state index in [1.807, 2.05) is 31.3 Å². The molecule has 3 N–H and O–H groups in total. The largest absolute Gasteiger partial charge is 0.493 e. The van der Waals surface area contributed by atoms with Crippen molar-refractivity contribution < 1.29 is 9.47 Å². The second-order valence-corrected chi connectivity index (χ2v) is 4.74. The molecule has 0 saturated carbocycles. The van der Waals surface area contributed by atoms with Crippen molar-refractivity contribution in [3.8, 4) is 11.5 Å². The predicted octanol–water partition coefficient (Wildman–Crippen LogP) is 2.18. The molecule has 5 nitrogen and oxygen atoms in total. The van der Waals surface area contributed by atoms with Crippen LogP contribution in [0.4, 0.5) is 5.69 Å². The van der Waals surface area contributed by atoms with Gasteiger partial charge in [-0.15, -0.1) is 0 Å². The average molecular weight is 287 g/mol. The van der Waals surface area contributed by atoms with Crippen molar-refractivity contribution in [2.75, 3.05) is 27.0 Å². The van der Waals surface area contributed by atoms with Crippen molar-refractivity contribution in [2.24, 2.45) is 0 Å². The topological polar surface area (TPSA) is 69.4 Å². The fourth-order valence-corrected chi connectivity index (χ4v) is 2.32. The highest BCUT2D eigenvalue weighted by Crippen LogP contribution is 2.30. The van der Waals surface area contributed by atoms with Gasteiger partial charge in [-0.25, -0.2) is 0 Å². The van der Waals surface area contributed by atoms with Crippen LogP contribution in [0.25, 0.3) is 0 Å². The first-order chi connectivity index (χ1) is 10.2. The normalized spacial score (nSPS) is 12.0. The van der Waals surface area contributed by atoms with E-state index in [0.717, 1.165) is 34.7 Å². The molecule has 1 heterocycles. The number of pyridine rings is 1. The second kappa shape index (κ2) is 6.95. The van der Waals surface area contributed by atoms with Crippen molar-refractivity contribution >= 4 is 5.69 Å². The highest BCUT2D eigenvalue weighted by molar-refractivity contribution is 5.48. The van der Waals surface area contributed by atoms with Crippen LogP contribution < -0.4 is 20.5 Å². The summed E-state index contributed by atoms with van der Waals surface area (Å²) in [7, 11) is 5.18. The van der Waals surface area contributed by atoms with Gasteiger partial charge >= 0.3 is 0 Å². The molecule has 0 radical (unpaired) electrons. The van der Waals surface area contributed by atoms with Crippen molar-refractivity contribution in [1.82, 2.24) is 10.3 Å². The number of aromatic nitrogens is 1. The molecule has 0 amide bonds. The van der Waals surface area contributed by atoms with Crippen molar-refractivity contribution in [2.45, 2.75) is 12.5 Å². The summed E-state index contributed by atoms with van der Waals surface area (Å²) in [4.78, 5) is 4.15. The van der Waals surface area contributed by atoms with E-state index in [1.165, 1.54) is 0 Å². The molecule has 1 atom stereocenters. The van der Waals surface area contributed by atoms with E-state index in [2.05, 4.69) is 10.3 Å². The van der Waals surface area contributed by atoms with Crippen LogP contribution in [0.15, 0.2) is 36.7 Å².